The van der Waals surface area contributed by atoms with Gasteiger partial charge in [-0.1, -0.05) is 13.8 Å². The first-order valence-corrected chi connectivity index (χ1v) is 5.66. The first-order valence-electron chi connectivity index (χ1n) is 5.66. The van der Waals surface area contributed by atoms with Crippen LogP contribution in [0.1, 0.15) is 33.1 Å². The Labute approximate surface area is 91.7 Å². The minimum atomic E-state index is 0.728. The highest BCUT2D eigenvalue weighted by Crippen LogP contribution is 2.13. The second kappa shape index (κ2) is 6.20. The summed E-state index contributed by atoms with van der Waals surface area (Å²) in [5.74, 6) is 0. The normalized spacial score (nSPS) is 14.8. The maximum atomic E-state index is 8.62. The molecule has 0 N–H and O–H groups in total. The number of hydrogen-bond donors (Lipinski definition) is 0. The highest BCUT2D eigenvalue weighted by atomic mass is 15.1. The molecular weight excluding hydrogens is 186 g/mol. The number of hydrogen-bond acceptors (Lipinski definition) is 1. The summed E-state index contributed by atoms with van der Waals surface area (Å²) in [5, 5.41) is 0. The van der Waals surface area contributed by atoms with Gasteiger partial charge in [-0.05, 0) is 25.0 Å². The van der Waals surface area contributed by atoms with Crippen LogP contribution >= 0.6 is 0 Å². The second-order valence-corrected chi connectivity index (χ2v) is 3.74. The number of rotatable bonds is 5. The van der Waals surface area contributed by atoms with Crippen LogP contribution in [0.4, 0.5) is 0 Å². The van der Waals surface area contributed by atoms with E-state index < -0.39 is 0 Å². The summed E-state index contributed by atoms with van der Waals surface area (Å²) in [7, 11) is 0. The van der Waals surface area contributed by atoms with E-state index in [2.05, 4.69) is 29.6 Å². The Morgan fingerprint density at radius 2 is 1.93 bits per heavy atom. The smallest absolute Gasteiger partial charge is 0.295 e. The standard InChI is InChI=1S/C12H19N3/c1-3-9-15(10-4-2)12-7-5-11(14-13)6-8-12/h5,7-8H,3-4,6,9-10H2,1-2H3. The Morgan fingerprint density at radius 1 is 1.27 bits per heavy atom. The largest absolute Gasteiger partial charge is 0.372 e. The van der Waals surface area contributed by atoms with Crippen LogP contribution in [0.5, 0.6) is 0 Å². The van der Waals surface area contributed by atoms with Crippen LogP contribution in [0.15, 0.2) is 23.9 Å². The van der Waals surface area contributed by atoms with E-state index in [1.165, 1.54) is 5.70 Å². The maximum absolute atomic E-state index is 8.62. The molecule has 1 rings (SSSR count). The molecule has 0 spiro atoms. The summed E-state index contributed by atoms with van der Waals surface area (Å²) in [4.78, 5) is 5.58. The van der Waals surface area contributed by atoms with E-state index in [0.717, 1.165) is 38.1 Å². The van der Waals surface area contributed by atoms with Gasteiger partial charge in [-0.15, -0.1) is 0 Å². The van der Waals surface area contributed by atoms with Crippen LogP contribution in [0, 0.1) is 0 Å². The van der Waals surface area contributed by atoms with E-state index in [9.17, 15) is 0 Å². The summed E-state index contributed by atoms with van der Waals surface area (Å²) >= 11 is 0. The van der Waals surface area contributed by atoms with Crippen LogP contribution in [0.25, 0.3) is 5.53 Å². The molecule has 1 aliphatic carbocycles. The summed E-state index contributed by atoms with van der Waals surface area (Å²) < 4.78 is 0. The summed E-state index contributed by atoms with van der Waals surface area (Å²) in [6.45, 7) is 6.57. The monoisotopic (exact) mass is 205 g/mol. The zero-order valence-electron chi connectivity index (χ0n) is 9.61. The van der Waals surface area contributed by atoms with Crippen molar-refractivity contribution in [1.82, 2.24) is 4.90 Å². The van der Waals surface area contributed by atoms with E-state index in [0.29, 0.717) is 0 Å². The van der Waals surface area contributed by atoms with Crippen molar-refractivity contribution >= 4 is 5.71 Å². The van der Waals surface area contributed by atoms with Gasteiger partial charge in [0.15, 0.2) is 0 Å². The van der Waals surface area contributed by atoms with Crippen molar-refractivity contribution in [3.8, 4) is 0 Å². The fourth-order valence-electron chi connectivity index (χ4n) is 1.75. The van der Waals surface area contributed by atoms with Gasteiger partial charge in [0, 0.05) is 24.9 Å². The third-order valence-electron chi connectivity index (χ3n) is 2.45. The molecule has 0 amide bonds. The van der Waals surface area contributed by atoms with Gasteiger partial charge >= 0.3 is 0 Å². The molecule has 0 aromatic heterocycles. The van der Waals surface area contributed by atoms with Gasteiger partial charge in [0.25, 0.3) is 5.71 Å². The second-order valence-electron chi connectivity index (χ2n) is 3.74. The Kier molecular flexibility index (Phi) is 4.85. The van der Waals surface area contributed by atoms with Crippen LogP contribution in [-0.4, -0.2) is 28.5 Å². The Hall–Kier alpha value is -1.34. The van der Waals surface area contributed by atoms with Gasteiger partial charge in [-0.3, -0.25) is 0 Å². The topological polar surface area (TPSA) is 39.6 Å². The van der Waals surface area contributed by atoms with Gasteiger partial charge in [-0.25, -0.2) is 0 Å². The average molecular weight is 205 g/mol. The third-order valence-corrected chi connectivity index (χ3v) is 2.45. The molecule has 82 valence electrons. The third kappa shape index (κ3) is 3.37. The highest BCUT2D eigenvalue weighted by Gasteiger charge is 2.12. The number of allylic oxidation sites excluding steroid dienone is 3. The lowest BCUT2D eigenvalue weighted by molar-refractivity contribution is -0.00547. The van der Waals surface area contributed by atoms with E-state index in [-0.39, 0.29) is 0 Å². The molecule has 0 fully saturated rings. The molecule has 0 unspecified atom stereocenters. The van der Waals surface area contributed by atoms with Crippen molar-refractivity contribution in [3.63, 3.8) is 0 Å². The van der Waals surface area contributed by atoms with Gasteiger partial charge < -0.3 is 10.4 Å². The molecule has 0 radical (unpaired) electrons. The molecule has 0 saturated heterocycles. The first-order chi connectivity index (χ1) is 7.31. The van der Waals surface area contributed by atoms with Crippen molar-refractivity contribution in [3.05, 3.63) is 29.5 Å². The van der Waals surface area contributed by atoms with Gasteiger partial charge in [0.1, 0.15) is 0 Å². The zero-order chi connectivity index (χ0) is 11.1. The SMILES string of the molecule is CCCN(CCC)C1=CCC(=[N+]=[N-])C=C1. The van der Waals surface area contributed by atoms with E-state index in [1.54, 1.807) is 0 Å². The maximum Gasteiger partial charge on any atom is 0.295 e. The molecular formula is C12H19N3. The van der Waals surface area contributed by atoms with Crippen molar-refractivity contribution < 1.29 is 4.79 Å². The molecule has 0 bridgehead atoms. The minimum absolute atomic E-state index is 0.728. The summed E-state index contributed by atoms with van der Waals surface area (Å²) in [6.07, 6.45) is 9.09. The number of nitrogens with zero attached hydrogens (tertiary/aromatic N) is 3. The fraction of sp³-hybridized carbons (Fsp3) is 0.583. The lowest BCUT2D eigenvalue weighted by Gasteiger charge is -2.25. The van der Waals surface area contributed by atoms with Crippen molar-refractivity contribution in [2.75, 3.05) is 13.1 Å². The van der Waals surface area contributed by atoms with Crippen molar-refractivity contribution in [1.29, 1.82) is 0 Å². The van der Waals surface area contributed by atoms with Gasteiger partial charge in [0.2, 0.25) is 0 Å². The molecule has 0 aromatic rings. The molecule has 0 saturated carbocycles. The molecule has 3 nitrogen and oxygen atoms in total. The quantitative estimate of drug-likeness (QED) is 0.502. The molecule has 1 aliphatic rings. The lowest BCUT2D eigenvalue weighted by Crippen LogP contribution is -2.25. The molecule has 0 heterocycles. The van der Waals surface area contributed by atoms with E-state index >= 15 is 0 Å². The van der Waals surface area contributed by atoms with Gasteiger partial charge in [-0.2, -0.15) is 4.79 Å². The summed E-state index contributed by atoms with van der Waals surface area (Å²) in [5.41, 5.74) is 10.6. The van der Waals surface area contributed by atoms with Gasteiger partial charge in [0.05, 0.1) is 6.42 Å². The van der Waals surface area contributed by atoms with Crippen LogP contribution in [0.3, 0.4) is 0 Å². The van der Waals surface area contributed by atoms with Crippen molar-refractivity contribution in [2.45, 2.75) is 33.1 Å². The molecule has 0 aromatic carbocycles. The molecule has 3 heteroatoms. The molecule has 0 aliphatic heterocycles. The van der Waals surface area contributed by atoms with E-state index in [1.807, 2.05) is 12.2 Å². The predicted molar refractivity (Wildman–Crippen MR) is 62.6 cm³/mol. The Balaban J connectivity index is 2.66. The van der Waals surface area contributed by atoms with E-state index in [4.69, 9.17) is 5.53 Å². The Morgan fingerprint density at radius 3 is 2.33 bits per heavy atom. The lowest BCUT2D eigenvalue weighted by atomic mass is 10.1. The molecule has 0 atom stereocenters. The minimum Gasteiger partial charge on any atom is -0.372 e. The highest BCUT2D eigenvalue weighted by molar-refractivity contribution is 5.92. The van der Waals surface area contributed by atoms with Crippen LogP contribution in [-0.2, 0) is 0 Å². The molecule has 15 heavy (non-hydrogen) atoms. The van der Waals surface area contributed by atoms with Crippen LogP contribution in [0.2, 0.25) is 0 Å². The average Bonchev–Trinajstić information content (AvgIpc) is 2.29. The van der Waals surface area contributed by atoms with Crippen molar-refractivity contribution in [2.24, 2.45) is 0 Å². The predicted octanol–water partition coefficient (Wildman–Crippen LogP) is 2.62. The Bertz CT molecular complexity index is 303. The fourth-order valence-corrected chi connectivity index (χ4v) is 1.75. The zero-order valence-corrected chi connectivity index (χ0v) is 9.61. The van der Waals surface area contributed by atoms with Crippen LogP contribution < -0.4 is 0 Å². The summed E-state index contributed by atoms with van der Waals surface area (Å²) in [6, 6.07) is 0. The first kappa shape index (κ1) is 11.7.